The number of allylic oxidation sites excluding steroid dienone is 1. The van der Waals surface area contributed by atoms with E-state index in [0.29, 0.717) is 59.3 Å². The Bertz CT molecular complexity index is 1720. The fraction of sp³-hybridized carbons (Fsp3) is 0.667. The summed E-state index contributed by atoms with van der Waals surface area (Å²) in [7, 11) is 4.76. The maximum absolute atomic E-state index is 13.1. The van der Waals surface area contributed by atoms with Gasteiger partial charge in [-0.15, -0.1) is 0 Å². The largest absolute Gasteiger partial charge is 0.465 e. The summed E-state index contributed by atoms with van der Waals surface area (Å²) in [6.45, 7) is 2.73. The molecule has 1 saturated carbocycles. The highest BCUT2D eigenvalue weighted by Gasteiger charge is 2.43. The van der Waals surface area contributed by atoms with Crippen molar-refractivity contribution in [1.29, 1.82) is 0 Å². The molecule has 1 saturated heterocycles. The highest BCUT2D eigenvalue weighted by Crippen LogP contribution is 2.36. The Balaban J connectivity index is 1.18. The first kappa shape index (κ1) is 47.9. The van der Waals surface area contributed by atoms with Crippen LogP contribution in [0.15, 0.2) is 33.4 Å². The number of carbonyl (C=O) groups excluding carboxylic acids is 5. The van der Waals surface area contributed by atoms with Crippen LogP contribution in [0.4, 0.5) is 0 Å². The number of nitrogens with zero attached hydrogens (tertiary/aromatic N) is 4. The minimum atomic E-state index is -1.79. The Hall–Kier alpha value is -3.79. The molecule has 18 nitrogen and oxygen atoms in total. The van der Waals surface area contributed by atoms with Crippen molar-refractivity contribution < 1.29 is 68.0 Å². The van der Waals surface area contributed by atoms with E-state index in [-0.39, 0.29) is 50.3 Å². The predicted octanol–water partition coefficient (Wildman–Crippen LogP) is 3.25. The van der Waals surface area contributed by atoms with E-state index in [1.807, 2.05) is 0 Å². The van der Waals surface area contributed by atoms with Crippen LogP contribution in [0.25, 0.3) is 11.0 Å². The van der Waals surface area contributed by atoms with Gasteiger partial charge in [-0.1, -0.05) is 47.8 Å². The van der Waals surface area contributed by atoms with Crippen LogP contribution in [-0.4, -0.2) is 146 Å². The number of hydrogen-bond acceptors (Lipinski definition) is 18. The van der Waals surface area contributed by atoms with Crippen LogP contribution >= 0.6 is 21.6 Å². The van der Waals surface area contributed by atoms with Crippen LogP contribution in [0, 0.1) is 0 Å². The first-order valence-electron chi connectivity index (χ1n) is 19.9. The molecular formula is C39H56N4O14S2. The molecule has 2 heterocycles. The number of aromatic nitrogens is 2. The monoisotopic (exact) mass is 868 g/mol. The second-order valence-corrected chi connectivity index (χ2v) is 17.1. The van der Waals surface area contributed by atoms with Gasteiger partial charge in [0, 0.05) is 54.3 Å². The van der Waals surface area contributed by atoms with E-state index < -0.39 is 61.8 Å². The quantitative estimate of drug-likeness (QED) is 0.0411. The van der Waals surface area contributed by atoms with Crippen LogP contribution < -0.4 is 0 Å². The minimum absolute atomic E-state index is 0.00101. The standard InChI is InChI=1S/C39H56N4O14S2/c1-4-5-6-7-19-58-59-31(24(2)43(23-44)21-34(47)54-22-30-35(48)36(49)37(50)39(52)56-30)17-18-53-32(45)9-8-10-33(46)55-27-14-12-26(13-15-27)42(3)38(51)25-11-16-28-29(20-25)41-57-40-28/h11,16,20,23,26-27,30,35-37,39,48-50,52H,4-10,12-15,17-19,21-22H2,1-3H3/b31-24-. The molecule has 1 aliphatic heterocycles. The number of aliphatic hydroxyl groups is 4. The molecule has 1 aromatic carbocycles. The zero-order valence-corrected chi connectivity index (χ0v) is 35.3. The van der Waals surface area contributed by atoms with E-state index in [1.54, 1.807) is 47.9 Å². The highest BCUT2D eigenvalue weighted by atomic mass is 33.1. The molecule has 2 fully saturated rings. The first-order valence-corrected chi connectivity index (χ1v) is 22.2. The number of esters is 3. The highest BCUT2D eigenvalue weighted by molar-refractivity contribution is 8.78. The number of fused-ring (bicyclic) bond motifs is 1. The van der Waals surface area contributed by atoms with Crippen molar-refractivity contribution in [3.63, 3.8) is 0 Å². The predicted molar refractivity (Wildman–Crippen MR) is 215 cm³/mol. The Morgan fingerprint density at radius 2 is 1.61 bits per heavy atom. The van der Waals surface area contributed by atoms with Gasteiger partial charge in [-0.3, -0.25) is 24.0 Å². The molecule has 0 bridgehead atoms. The van der Waals surface area contributed by atoms with Crippen LogP contribution in [0.3, 0.4) is 0 Å². The van der Waals surface area contributed by atoms with Gasteiger partial charge < -0.3 is 49.2 Å². The molecule has 59 heavy (non-hydrogen) atoms. The third-order valence-electron chi connectivity index (χ3n) is 10.3. The van der Waals surface area contributed by atoms with Gasteiger partial charge in [-0.05, 0) is 74.0 Å². The van der Waals surface area contributed by atoms with Crippen molar-refractivity contribution in [2.45, 2.75) is 134 Å². The van der Waals surface area contributed by atoms with Gasteiger partial charge in [0.1, 0.15) is 54.7 Å². The van der Waals surface area contributed by atoms with E-state index in [9.17, 15) is 44.4 Å². The van der Waals surface area contributed by atoms with Crippen LogP contribution in [-0.2, 0) is 38.1 Å². The van der Waals surface area contributed by atoms with E-state index >= 15 is 0 Å². The summed E-state index contributed by atoms with van der Waals surface area (Å²) in [5.41, 5.74) is 2.01. The molecule has 1 aromatic heterocycles. The molecule has 4 rings (SSSR count). The number of unbranched alkanes of at least 4 members (excludes halogenated alkanes) is 3. The summed E-state index contributed by atoms with van der Waals surface area (Å²) in [5, 5.41) is 47.0. The Morgan fingerprint density at radius 3 is 2.34 bits per heavy atom. The van der Waals surface area contributed by atoms with Crippen molar-refractivity contribution in [3.05, 3.63) is 34.4 Å². The zero-order chi connectivity index (χ0) is 42.9. The van der Waals surface area contributed by atoms with Gasteiger partial charge in [0.2, 0.25) is 6.41 Å². The number of benzene rings is 1. The fourth-order valence-electron chi connectivity index (χ4n) is 6.59. The summed E-state index contributed by atoms with van der Waals surface area (Å²) in [5.74, 6) is -1.05. The van der Waals surface area contributed by atoms with Crippen LogP contribution in [0.1, 0.15) is 101 Å². The number of carbonyl (C=O) groups is 5. The van der Waals surface area contributed by atoms with Crippen LogP contribution in [0.5, 0.6) is 0 Å². The number of rotatable bonds is 23. The smallest absolute Gasteiger partial charge is 0.326 e. The second kappa shape index (κ2) is 24.5. The molecule has 5 unspecified atom stereocenters. The molecule has 20 heteroatoms. The van der Waals surface area contributed by atoms with E-state index in [4.69, 9.17) is 23.6 Å². The summed E-state index contributed by atoms with van der Waals surface area (Å²) >= 11 is 0. The van der Waals surface area contributed by atoms with Crippen molar-refractivity contribution in [2.75, 3.05) is 32.6 Å². The number of ether oxygens (including phenoxy) is 4. The fourth-order valence-corrected chi connectivity index (χ4v) is 9.19. The SMILES string of the molecule is CCCCCCSS/C(CCOC(=O)CCCC(=O)OC1CCC(N(C)C(=O)c2ccc3nonc3c2)CC1)=C(/C)N(C=O)CC(=O)OCC1OC(O)C(O)C(O)C1O. The van der Waals surface area contributed by atoms with E-state index in [1.165, 1.54) is 10.8 Å². The Kier molecular flexibility index (Phi) is 19.9. The molecule has 0 radical (unpaired) electrons. The molecule has 1 aliphatic carbocycles. The van der Waals surface area contributed by atoms with Crippen molar-refractivity contribution in [3.8, 4) is 0 Å². The van der Waals surface area contributed by atoms with Gasteiger partial charge >= 0.3 is 17.9 Å². The van der Waals surface area contributed by atoms with Gasteiger partial charge in [0.05, 0.1) is 6.61 Å². The molecule has 5 atom stereocenters. The third-order valence-corrected chi connectivity index (χ3v) is 13.0. The minimum Gasteiger partial charge on any atom is -0.465 e. The van der Waals surface area contributed by atoms with Crippen LogP contribution in [0.2, 0.25) is 0 Å². The van der Waals surface area contributed by atoms with Crippen molar-refractivity contribution in [2.24, 2.45) is 0 Å². The van der Waals surface area contributed by atoms with Gasteiger partial charge in [0.15, 0.2) is 6.29 Å². The number of aliphatic hydroxyl groups excluding tert-OH is 4. The van der Waals surface area contributed by atoms with Gasteiger partial charge in [-0.2, -0.15) is 0 Å². The summed E-state index contributed by atoms with van der Waals surface area (Å²) in [4.78, 5) is 66.6. The van der Waals surface area contributed by atoms with E-state index in [2.05, 4.69) is 17.2 Å². The number of hydrogen-bond donors (Lipinski definition) is 4. The molecule has 4 N–H and O–H groups in total. The average molecular weight is 869 g/mol. The lowest BCUT2D eigenvalue weighted by molar-refractivity contribution is -0.287. The Morgan fingerprint density at radius 1 is 0.881 bits per heavy atom. The number of amides is 2. The summed E-state index contributed by atoms with van der Waals surface area (Å²) in [6.07, 6.45) is -0.593. The molecule has 2 aliphatic rings. The first-order chi connectivity index (χ1) is 28.3. The maximum atomic E-state index is 13.1. The maximum Gasteiger partial charge on any atom is 0.326 e. The normalized spacial score (nSPS) is 23.5. The lowest BCUT2D eigenvalue weighted by Gasteiger charge is -2.37. The molecule has 0 spiro atoms. The molecule has 2 aromatic rings. The van der Waals surface area contributed by atoms with Crippen molar-refractivity contribution >= 4 is 62.8 Å². The van der Waals surface area contributed by atoms with Crippen molar-refractivity contribution in [1.82, 2.24) is 20.1 Å². The average Bonchev–Trinajstić information content (AvgIpc) is 3.71. The molecule has 2 amide bonds. The summed E-state index contributed by atoms with van der Waals surface area (Å²) in [6, 6.07) is 5.01. The lowest BCUT2D eigenvalue weighted by Crippen LogP contribution is -2.58. The third kappa shape index (κ3) is 14.7. The topological polar surface area (TPSA) is 249 Å². The second-order valence-electron chi connectivity index (χ2n) is 14.6. The van der Waals surface area contributed by atoms with Gasteiger partial charge in [0.25, 0.3) is 5.91 Å². The summed E-state index contributed by atoms with van der Waals surface area (Å²) < 4.78 is 26.0. The van der Waals surface area contributed by atoms with Gasteiger partial charge in [-0.25, -0.2) is 4.63 Å². The lowest BCUT2D eigenvalue weighted by atomic mass is 9.91. The Labute approximate surface area is 350 Å². The molecule has 328 valence electrons. The van der Waals surface area contributed by atoms with E-state index in [0.717, 1.165) is 36.3 Å². The molecular weight excluding hydrogens is 813 g/mol. The zero-order valence-electron chi connectivity index (χ0n) is 33.6.